The number of likely N-dealkylation sites (tertiary alicyclic amines) is 1. The Balaban J connectivity index is 1.64. The zero-order chi connectivity index (χ0) is 13.5. The topological polar surface area (TPSA) is 24.5 Å². The van der Waals surface area contributed by atoms with E-state index in [4.69, 9.17) is 16.4 Å². The fourth-order valence-corrected chi connectivity index (χ4v) is 2.33. The van der Waals surface area contributed by atoms with Crippen molar-refractivity contribution in [1.82, 2.24) is 10.4 Å². The lowest BCUT2D eigenvalue weighted by atomic mass is 10.1. The highest BCUT2D eigenvalue weighted by Gasteiger charge is 2.09. The van der Waals surface area contributed by atoms with E-state index in [1.54, 1.807) is 0 Å². The number of rotatable bonds is 6. The van der Waals surface area contributed by atoms with E-state index in [0.29, 0.717) is 6.61 Å². The maximum absolute atomic E-state index is 5.84. The molecule has 0 aromatic heterocycles. The van der Waals surface area contributed by atoms with Crippen LogP contribution in [0.25, 0.3) is 5.70 Å². The molecule has 3 nitrogen and oxygen atoms in total. The van der Waals surface area contributed by atoms with Crippen molar-refractivity contribution in [2.45, 2.75) is 19.3 Å². The van der Waals surface area contributed by atoms with Gasteiger partial charge in [-0.3, -0.25) is 10.3 Å². The Morgan fingerprint density at radius 3 is 2.58 bits per heavy atom. The molecule has 0 bridgehead atoms. The molecular weight excluding hydrogens is 260 g/mol. The van der Waals surface area contributed by atoms with E-state index in [2.05, 4.69) is 17.0 Å². The Hall–Kier alpha value is -1.03. The minimum atomic E-state index is 0.673. The van der Waals surface area contributed by atoms with E-state index < -0.39 is 0 Å². The van der Waals surface area contributed by atoms with Gasteiger partial charge in [-0.2, -0.15) is 0 Å². The molecule has 1 aromatic rings. The normalized spacial score (nSPS) is 16.3. The van der Waals surface area contributed by atoms with Crippen molar-refractivity contribution in [2.75, 3.05) is 26.2 Å². The van der Waals surface area contributed by atoms with Crippen LogP contribution in [0.4, 0.5) is 0 Å². The van der Waals surface area contributed by atoms with E-state index in [0.717, 1.165) is 22.8 Å². The molecule has 2 rings (SSSR count). The molecule has 1 fully saturated rings. The number of benzene rings is 1. The Morgan fingerprint density at radius 1 is 1.21 bits per heavy atom. The Bertz CT molecular complexity index is 399. The molecule has 0 unspecified atom stereocenters. The molecule has 0 aliphatic carbocycles. The van der Waals surface area contributed by atoms with Crippen LogP contribution in [0.3, 0.4) is 0 Å². The van der Waals surface area contributed by atoms with Crippen LogP contribution >= 0.6 is 11.6 Å². The highest BCUT2D eigenvalue weighted by molar-refractivity contribution is 6.30. The molecule has 0 radical (unpaired) electrons. The maximum Gasteiger partial charge on any atom is 0.0873 e. The Morgan fingerprint density at radius 2 is 1.89 bits per heavy atom. The van der Waals surface area contributed by atoms with E-state index in [1.807, 2.05) is 24.3 Å². The van der Waals surface area contributed by atoms with Gasteiger partial charge in [-0.15, -0.1) is 0 Å². The van der Waals surface area contributed by atoms with Crippen LogP contribution in [0.15, 0.2) is 30.8 Å². The molecule has 0 saturated carbocycles. The van der Waals surface area contributed by atoms with Gasteiger partial charge in [-0.25, -0.2) is 0 Å². The molecule has 1 aromatic carbocycles. The first-order chi connectivity index (χ1) is 9.25. The van der Waals surface area contributed by atoms with Gasteiger partial charge < -0.3 is 4.90 Å². The first-order valence-electron chi connectivity index (χ1n) is 6.81. The highest BCUT2D eigenvalue weighted by atomic mass is 35.5. The summed E-state index contributed by atoms with van der Waals surface area (Å²) in [6, 6.07) is 7.53. The van der Waals surface area contributed by atoms with Crippen LogP contribution in [0, 0.1) is 0 Å². The number of hydroxylamine groups is 1. The van der Waals surface area contributed by atoms with E-state index in [9.17, 15) is 0 Å². The summed E-state index contributed by atoms with van der Waals surface area (Å²) in [6.45, 7) is 7.98. The van der Waals surface area contributed by atoms with Crippen molar-refractivity contribution < 1.29 is 4.84 Å². The minimum absolute atomic E-state index is 0.673. The Kier molecular flexibility index (Phi) is 5.70. The van der Waals surface area contributed by atoms with Crippen LogP contribution in [0.2, 0.25) is 5.02 Å². The molecule has 0 atom stereocenters. The number of nitrogens with one attached hydrogen (secondary N) is 1. The SMILES string of the molecule is C=C(NOCCN1CCCCC1)c1ccc(Cl)cc1. The monoisotopic (exact) mass is 280 g/mol. The van der Waals surface area contributed by atoms with Gasteiger partial charge in [0.2, 0.25) is 0 Å². The van der Waals surface area contributed by atoms with Crippen molar-refractivity contribution in [3.05, 3.63) is 41.4 Å². The number of nitrogens with zero attached hydrogens (tertiary/aromatic N) is 1. The first kappa shape index (κ1) is 14.4. The quantitative estimate of drug-likeness (QED) is 0.639. The van der Waals surface area contributed by atoms with Gasteiger partial charge in [-0.05, 0) is 43.6 Å². The van der Waals surface area contributed by atoms with Gasteiger partial charge in [0.05, 0.1) is 12.3 Å². The summed E-state index contributed by atoms with van der Waals surface area (Å²) >= 11 is 5.84. The maximum atomic E-state index is 5.84. The average Bonchev–Trinajstić information content (AvgIpc) is 2.45. The van der Waals surface area contributed by atoms with Gasteiger partial charge in [0.15, 0.2) is 0 Å². The number of hydrogen-bond donors (Lipinski definition) is 1. The Labute approximate surface area is 120 Å². The molecule has 4 heteroatoms. The van der Waals surface area contributed by atoms with Crippen LogP contribution in [-0.2, 0) is 4.84 Å². The molecule has 1 saturated heterocycles. The molecule has 104 valence electrons. The molecule has 1 aliphatic rings. The largest absolute Gasteiger partial charge is 0.301 e. The standard InChI is InChI=1S/C15H21ClN2O/c1-13(14-5-7-15(16)8-6-14)17-19-12-11-18-9-3-2-4-10-18/h5-8,17H,1-4,9-12H2. The van der Waals surface area contributed by atoms with Crippen LogP contribution in [0.5, 0.6) is 0 Å². The van der Waals surface area contributed by atoms with Crippen molar-refractivity contribution in [2.24, 2.45) is 0 Å². The second kappa shape index (κ2) is 7.53. The number of piperidine rings is 1. The highest BCUT2D eigenvalue weighted by Crippen LogP contribution is 2.14. The average molecular weight is 281 g/mol. The fourth-order valence-electron chi connectivity index (χ4n) is 2.21. The second-order valence-corrected chi connectivity index (χ2v) is 5.27. The smallest absolute Gasteiger partial charge is 0.0873 e. The lowest BCUT2D eigenvalue weighted by Crippen LogP contribution is -2.33. The van der Waals surface area contributed by atoms with Crippen LogP contribution < -0.4 is 5.48 Å². The summed E-state index contributed by atoms with van der Waals surface area (Å²) in [4.78, 5) is 7.90. The molecule has 1 N–H and O–H groups in total. The molecule has 1 heterocycles. The number of halogens is 1. The fraction of sp³-hybridized carbons (Fsp3) is 0.467. The summed E-state index contributed by atoms with van der Waals surface area (Å²) in [5, 5.41) is 0.725. The molecular formula is C15H21ClN2O. The summed E-state index contributed by atoms with van der Waals surface area (Å²) in [5.74, 6) is 0. The van der Waals surface area contributed by atoms with Crippen molar-refractivity contribution >= 4 is 17.3 Å². The predicted octanol–water partition coefficient (Wildman–Crippen LogP) is 3.32. The summed E-state index contributed by atoms with van der Waals surface area (Å²) in [7, 11) is 0. The van der Waals surface area contributed by atoms with E-state index >= 15 is 0 Å². The van der Waals surface area contributed by atoms with Crippen molar-refractivity contribution in [1.29, 1.82) is 0 Å². The molecule has 0 spiro atoms. The zero-order valence-electron chi connectivity index (χ0n) is 11.2. The van der Waals surface area contributed by atoms with Gasteiger partial charge in [0.25, 0.3) is 0 Å². The van der Waals surface area contributed by atoms with Gasteiger partial charge in [0, 0.05) is 11.6 Å². The van der Waals surface area contributed by atoms with Gasteiger partial charge in [0.1, 0.15) is 0 Å². The second-order valence-electron chi connectivity index (χ2n) is 4.84. The van der Waals surface area contributed by atoms with E-state index in [-0.39, 0.29) is 0 Å². The van der Waals surface area contributed by atoms with Crippen LogP contribution in [-0.4, -0.2) is 31.1 Å². The van der Waals surface area contributed by atoms with Gasteiger partial charge >= 0.3 is 0 Å². The van der Waals surface area contributed by atoms with Crippen molar-refractivity contribution in [3.8, 4) is 0 Å². The van der Waals surface area contributed by atoms with Crippen LogP contribution in [0.1, 0.15) is 24.8 Å². The summed E-state index contributed by atoms with van der Waals surface area (Å²) < 4.78 is 0. The molecule has 19 heavy (non-hydrogen) atoms. The predicted molar refractivity (Wildman–Crippen MR) is 79.9 cm³/mol. The third kappa shape index (κ3) is 4.86. The lowest BCUT2D eigenvalue weighted by molar-refractivity contribution is 0.0539. The molecule has 0 amide bonds. The van der Waals surface area contributed by atoms with E-state index in [1.165, 1.54) is 32.4 Å². The lowest BCUT2D eigenvalue weighted by Gasteiger charge is -2.26. The van der Waals surface area contributed by atoms with Gasteiger partial charge in [-0.1, -0.05) is 36.7 Å². The third-order valence-electron chi connectivity index (χ3n) is 3.35. The number of hydrogen-bond acceptors (Lipinski definition) is 3. The summed E-state index contributed by atoms with van der Waals surface area (Å²) in [5.41, 5.74) is 4.64. The zero-order valence-corrected chi connectivity index (χ0v) is 12.0. The minimum Gasteiger partial charge on any atom is -0.301 e. The first-order valence-corrected chi connectivity index (χ1v) is 7.18. The third-order valence-corrected chi connectivity index (χ3v) is 3.60. The summed E-state index contributed by atoms with van der Waals surface area (Å²) in [6.07, 6.45) is 3.98. The van der Waals surface area contributed by atoms with Crippen molar-refractivity contribution in [3.63, 3.8) is 0 Å². The molecule has 1 aliphatic heterocycles.